The molecule has 0 bridgehead atoms. The maximum absolute atomic E-state index is 12.7. The minimum Gasteiger partial charge on any atom is -0.376 e. The molecule has 0 spiro atoms. The molecule has 2 aromatic carbocycles. The van der Waals surface area contributed by atoms with Crippen molar-refractivity contribution in [1.82, 2.24) is 0 Å². The van der Waals surface area contributed by atoms with E-state index in [1.807, 2.05) is 13.0 Å². The summed E-state index contributed by atoms with van der Waals surface area (Å²) < 4.78 is 12.7. The molecule has 0 unspecified atom stereocenters. The van der Waals surface area contributed by atoms with Gasteiger partial charge in [-0.1, -0.05) is 17.7 Å². The van der Waals surface area contributed by atoms with Crippen LogP contribution in [0.3, 0.4) is 0 Å². The molecule has 0 radical (unpaired) electrons. The molecule has 0 aromatic heterocycles. The Morgan fingerprint density at radius 3 is 2.60 bits per heavy atom. The number of hydrogen-bond donors (Lipinski definition) is 2. The second kappa shape index (κ2) is 6.39. The van der Waals surface area contributed by atoms with E-state index in [9.17, 15) is 9.18 Å². The first-order chi connectivity index (χ1) is 9.54. The third-order valence-corrected chi connectivity index (χ3v) is 3.00. The van der Waals surface area contributed by atoms with Crippen LogP contribution in [0.2, 0.25) is 5.02 Å². The highest BCUT2D eigenvalue weighted by Crippen LogP contribution is 2.19. The molecule has 104 valence electrons. The maximum atomic E-state index is 12.7. The van der Waals surface area contributed by atoms with E-state index in [0.29, 0.717) is 10.7 Å². The Bertz CT molecular complexity index is 614. The average Bonchev–Trinajstić information content (AvgIpc) is 2.42. The van der Waals surface area contributed by atoms with E-state index in [-0.39, 0.29) is 18.3 Å². The summed E-state index contributed by atoms with van der Waals surface area (Å²) in [6.45, 7) is 2.04. The molecular formula is C15H14ClFN2O. The number of anilines is 2. The fraction of sp³-hybridized carbons (Fsp3) is 0.133. The van der Waals surface area contributed by atoms with E-state index < -0.39 is 0 Å². The lowest BCUT2D eigenvalue weighted by Crippen LogP contribution is -2.22. The third kappa shape index (κ3) is 3.96. The first-order valence-corrected chi connectivity index (χ1v) is 6.48. The van der Waals surface area contributed by atoms with Gasteiger partial charge in [0.2, 0.25) is 5.91 Å². The van der Waals surface area contributed by atoms with Crippen molar-refractivity contribution in [3.05, 3.63) is 58.9 Å². The summed E-state index contributed by atoms with van der Waals surface area (Å²) in [4.78, 5) is 11.8. The van der Waals surface area contributed by atoms with Crippen molar-refractivity contribution in [3.8, 4) is 0 Å². The van der Waals surface area contributed by atoms with Crippen molar-refractivity contribution in [2.75, 3.05) is 17.2 Å². The van der Waals surface area contributed by atoms with Crippen molar-refractivity contribution in [1.29, 1.82) is 0 Å². The standard InChI is InChI=1S/C15H14ClFN2O/c1-10-2-3-11(16)8-14(10)18-9-15(20)19-13-6-4-12(17)5-7-13/h2-8,18H,9H2,1H3,(H,19,20). The van der Waals surface area contributed by atoms with Gasteiger partial charge in [0.25, 0.3) is 0 Å². The molecule has 5 heteroatoms. The number of aryl methyl sites for hydroxylation is 1. The van der Waals surface area contributed by atoms with E-state index in [4.69, 9.17) is 11.6 Å². The lowest BCUT2D eigenvalue weighted by molar-refractivity contribution is -0.114. The molecule has 0 heterocycles. The van der Waals surface area contributed by atoms with Crippen LogP contribution in [-0.4, -0.2) is 12.5 Å². The molecule has 2 N–H and O–H groups in total. The second-order valence-electron chi connectivity index (χ2n) is 4.37. The summed E-state index contributed by atoms with van der Waals surface area (Å²) in [6, 6.07) is 11.1. The van der Waals surface area contributed by atoms with Gasteiger partial charge in [0, 0.05) is 16.4 Å². The Morgan fingerprint density at radius 2 is 1.90 bits per heavy atom. The lowest BCUT2D eigenvalue weighted by atomic mass is 10.2. The Kier molecular flexibility index (Phi) is 4.58. The quantitative estimate of drug-likeness (QED) is 0.899. The molecule has 3 nitrogen and oxygen atoms in total. The van der Waals surface area contributed by atoms with Crippen molar-refractivity contribution in [3.63, 3.8) is 0 Å². The van der Waals surface area contributed by atoms with Crippen LogP contribution >= 0.6 is 11.6 Å². The summed E-state index contributed by atoms with van der Waals surface area (Å²) in [5.41, 5.74) is 2.37. The van der Waals surface area contributed by atoms with Crippen LogP contribution < -0.4 is 10.6 Å². The lowest BCUT2D eigenvalue weighted by Gasteiger charge is -2.10. The number of hydrogen-bond acceptors (Lipinski definition) is 2. The molecule has 0 fully saturated rings. The van der Waals surface area contributed by atoms with Crippen molar-refractivity contribution >= 4 is 28.9 Å². The number of nitrogens with one attached hydrogen (secondary N) is 2. The molecule has 0 atom stereocenters. The van der Waals surface area contributed by atoms with Crippen LogP contribution in [0.1, 0.15) is 5.56 Å². The Labute approximate surface area is 121 Å². The Balaban J connectivity index is 1.92. The number of rotatable bonds is 4. The van der Waals surface area contributed by atoms with Crippen LogP contribution in [0.25, 0.3) is 0 Å². The molecule has 0 aliphatic rings. The normalized spacial score (nSPS) is 10.2. The molecule has 0 aliphatic heterocycles. The summed E-state index contributed by atoms with van der Waals surface area (Å²) >= 11 is 5.90. The van der Waals surface area contributed by atoms with E-state index in [2.05, 4.69) is 10.6 Å². The molecule has 0 saturated heterocycles. The predicted molar refractivity (Wildman–Crippen MR) is 79.7 cm³/mol. The van der Waals surface area contributed by atoms with Gasteiger partial charge in [-0.2, -0.15) is 0 Å². The summed E-state index contributed by atoms with van der Waals surface area (Å²) in [6.07, 6.45) is 0. The Hall–Kier alpha value is -2.07. The Morgan fingerprint density at radius 1 is 1.20 bits per heavy atom. The zero-order chi connectivity index (χ0) is 14.5. The molecule has 2 aromatic rings. The second-order valence-corrected chi connectivity index (χ2v) is 4.80. The predicted octanol–water partition coefficient (Wildman–Crippen LogP) is 3.84. The number of amides is 1. The van der Waals surface area contributed by atoms with Gasteiger partial charge in [-0.05, 0) is 48.9 Å². The van der Waals surface area contributed by atoms with Gasteiger partial charge in [-0.15, -0.1) is 0 Å². The maximum Gasteiger partial charge on any atom is 0.243 e. The smallest absolute Gasteiger partial charge is 0.243 e. The minimum atomic E-state index is -0.337. The van der Waals surface area contributed by atoms with Gasteiger partial charge in [0.15, 0.2) is 0 Å². The largest absolute Gasteiger partial charge is 0.376 e. The summed E-state index contributed by atoms with van der Waals surface area (Å²) in [5, 5.41) is 6.30. The zero-order valence-corrected chi connectivity index (χ0v) is 11.7. The van der Waals surface area contributed by atoms with Gasteiger partial charge < -0.3 is 10.6 Å². The van der Waals surface area contributed by atoms with Crippen LogP contribution in [0.4, 0.5) is 15.8 Å². The minimum absolute atomic E-state index is 0.110. The fourth-order valence-corrected chi connectivity index (χ4v) is 1.87. The van der Waals surface area contributed by atoms with Gasteiger partial charge in [0.05, 0.1) is 6.54 Å². The zero-order valence-electron chi connectivity index (χ0n) is 10.9. The molecular weight excluding hydrogens is 279 g/mol. The summed E-state index contributed by atoms with van der Waals surface area (Å²) in [7, 11) is 0. The van der Waals surface area contributed by atoms with E-state index >= 15 is 0 Å². The van der Waals surface area contributed by atoms with E-state index in [1.54, 1.807) is 12.1 Å². The molecule has 20 heavy (non-hydrogen) atoms. The van der Waals surface area contributed by atoms with Crippen molar-refractivity contribution in [2.45, 2.75) is 6.92 Å². The molecule has 1 amide bonds. The number of carbonyl (C=O) groups is 1. The summed E-state index contributed by atoms with van der Waals surface area (Å²) in [5.74, 6) is -0.549. The van der Waals surface area contributed by atoms with Crippen LogP contribution in [0.5, 0.6) is 0 Å². The molecule has 2 rings (SSSR count). The highest BCUT2D eigenvalue weighted by atomic mass is 35.5. The number of carbonyl (C=O) groups excluding carboxylic acids is 1. The topological polar surface area (TPSA) is 41.1 Å². The highest BCUT2D eigenvalue weighted by Gasteiger charge is 2.04. The average molecular weight is 293 g/mol. The van der Waals surface area contributed by atoms with E-state index in [0.717, 1.165) is 11.3 Å². The van der Waals surface area contributed by atoms with E-state index in [1.165, 1.54) is 24.3 Å². The fourth-order valence-electron chi connectivity index (χ4n) is 1.70. The van der Waals surface area contributed by atoms with Crippen LogP contribution in [-0.2, 0) is 4.79 Å². The monoisotopic (exact) mass is 292 g/mol. The van der Waals surface area contributed by atoms with Gasteiger partial charge in [-0.3, -0.25) is 4.79 Å². The first kappa shape index (κ1) is 14.3. The van der Waals surface area contributed by atoms with Crippen molar-refractivity contribution in [2.24, 2.45) is 0 Å². The molecule has 0 aliphatic carbocycles. The van der Waals surface area contributed by atoms with Crippen molar-refractivity contribution < 1.29 is 9.18 Å². The van der Waals surface area contributed by atoms with Gasteiger partial charge in [-0.25, -0.2) is 4.39 Å². The highest BCUT2D eigenvalue weighted by molar-refractivity contribution is 6.30. The van der Waals surface area contributed by atoms with Gasteiger partial charge in [0.1, 0.15) is 5.82 Å². The van der Waals surface area contributed by atoms with Crippen LogP contribution in [0, 0.1) is 12.7 Å². The first-order valence-electron chi connectivity index (χ1n) is 6.10. The number of benzene rings is 2. The van der Waals surface area contributed by atoms with Gasteiger partial charge >= 0.3 is 0 Å². The van der Waals surface area contributed by atoms with Crippen LogP contribution in [0.15, 0.2) is 42.5 Å². The number of halogens is 2. The SMILES string of the molecule is Cc1ccc(Cl)cc1NCC(=O)Nc1ccc(F)cc1. The third-order valence-electron chi connectivity index (χ3n) is 2.77. The molecule has 0 saturated carbocycles.